The molecule has 3 nitrogen and oxygen atoms in total. The van der Waals surface area contributed by atoms with E-state index in [1.807, 2.05) is 24.3 Å². The van der Waals surface area contributed by atoms with Gasteiger partial charge in [-0.05, 0) is 43.0 Å². The van der Waals surface area contributed by atoms with Crippen molar-refractivity contribution in [2.24, 2.45) is 5.92 Å². The van der Waals surface area contributed by atoms with Crippen LogP contribution in [-0.4, -0.2) is 25.4 Å². The maximum absolute atomic E-state index is 11.9. The number of ether oxygens (including phenoxy) is 1. The van der Waals surface area contributed by atoms with Crippen LogP contribution in [-0.2, 0) is 4.79 Å². The van der Waals surface area contributed by atoms with E-state index < -0.39 is 0 Å². The number of carbonyl (C=O) groups excluding carboxylic acids is 1. The lowest BCUT2D eigenvalue weighted by molar-refractivity contribution is -0.116. The number of alkyl halides is 1. The Morgan fingerprint density at radius 3 is 2.50 bits per heavy atom. The third kappa shape index (κ3) is 2.96. The Balaban J connectivity index is 2.12. The van der Waals surface area contributed by atoms with Gasteiger partial charge in [-0.15, -0.1) is 11.6 Å². The number of anilines is 1. The summed E-state index contributed by atoms with van der Waals surface area (Å²) in [5.41, 5.74) is 0.897. The molecule has 1 amide bonds. The van der Waals surface area contributed by atoms with E-state index in [0.717, 1.165) is 18.0 Å². The minimum atomic E-state index is -0.0336. The first-order valence-corrected chi connectivity index (χ1v) is 6.78. The third-order valence-corrected chi connectivity index (χ3v) is 3.69. The number of hydrogen-bond donors (Lipinski definition) is 0. The van der Waals surface area contributed by atoms with Gasteiger partial charge in [-0.2, -0.15) is 0 Å². The van der Waals surface area contributed by atoms with E-state index in [4.69, 9.17) is 16.3 Å². The molecule has 1 saturated carbocycles. The molecule has 0 saturated heterocycles. The summed E-state index contributed by atoms with van der Waals surface area (Å²) in [6.45, 7) is 0.776. The molecule has 0 aliphatic heterocycles. The van der Waals surface area contributed by atoms with Gasteiger partial charge in [-0.3, -0.25) is 4.79 Å². The molecule has 0 N–H and O–H groups in total. The number of carbonyl (C=O) groups is 1. The zero-order valence-corrected chi connectivity index (χ0v) is 11.3. The normalized spacial score (nSPS) is 15.0. The molecule has 1 aliphatic rings. The van der Waals surface area contributed by atoms with Crippen LogP contribution >= 0.6 is 11.6 Å². The summed E-state index contributed by atoms with van der Waals surface area (Å²) in [6, 6.07) is 7.54. The van der Waals surface area contributed by atoms with Crippen LogP contribution in [0.2, 0.25) is 0 Å². The number of hydrogen-bond acceptors (Lipinski definition) is 2. The lowest BCUT2D eigenvalue weighted by Gasteiger charge is -2.32. The van der Waals surface area contributed by atoms with Crippen LogP contribution in [0.4, 0.5) is 5.69 Å². The van der Waals surface area contributed by atoms with Crippen molar-refractivity contribution < 1.29 is 9.53 Å². The standard InChI is InChI=1S/C14H18ClNO2/c1-18-13-7-5-12(6-8-13)16(14(17)9-15)10-11-3-2-4-11/h5-8,11H,2-4,9-10H2,1H3. The largest absolute Gasteiger partial charge is 0.497 e. The van der Waals surface area contributed by atoms with Crippen LogP contribution in [0.5, 0.6) is 5.75 Å². The molecular formula is C14H18ClNO2. The average molecular weight is 268 g/mol. The first-order chi connectivity index (χ1) is 8.74. The van der Waals surface area contributed by atoms with Gasteiger partial charge in [-0.1, -0.05) is 6.42 Å². The highest BCUT2D eigenvalue weighted by Gasteiger charge is 2.24. The van der Waals surface area contributed by atoms with Crippen LogP contribution in [0.1, 0.15) is 19.3 Å². The Kier molecular flexibility index (Phi) is 4.48. The van der Waals surface area contributed by atoms with Crippen molar-refractivity contribution in [3.8, 4) is 5.75 Å². The van der Waals surface area contributed by atoms with Crippen molar-refractivity contribution in [1.29, 1.82) is 0 Å². The summed E-state index contributed by atoms with van der Waals surface area (Å²) in [5.74, 6) is 1.41. The fourth-order valence-corrected chi connectivity index (χ4v) is 2.26. The van der Waals surface area contributed by atoms with Gasteiger partial charge in [0.1, 0.15) is 11.6 Å². The van der Waals surface area contributed by atoms with E-state index in [9.17, 15) is 4.79 Å². The van der Waals surface area contributed by atoms with Crippen molar-refractivity contribution in [2.75, 3.05) is 24.4 Å². The molecule has 1 aliphatic carbocycles. The van der Waals surface area contributed by atoms with E-state index in [2.05, 4.69) is 0 Å². The molecule has 0 unspecified atom stereocenters. The van der Waals surface area contributed by atoms with E-state index in [1.165, 1.54) is 19.3 Å². The molecular weight excluding hydrogens is 250 g/mol. The van der Waals surface area contributed by atoms with E-state index >= 15 is 0 Å². The monoisotopic (exact) mass is 267 g/mol. The van der Waals surface area contributed by atoms with Gasteiger partial charge >= 0.3 is 0 Å². The Hall–Kier alpha value is -1.22. The van der Waals surface area contributed by atoms with Crippen molar-refractivity contribution in [3.05, 3.63) is 24.3 Å². The van der Waals surface area contributed by atoms with Crippen molar-refractivity contribution in [3.63, 3.8) is 0 Å². The molecule has 2 rings (SSSR count). The van der Waals surface area contributed by atoms with E-state index in [1.54, 1.807) is 12.0 Å². The molecule has 0 heterocycles. The summed E-state index contributed by atoms with van der Waals surface area (Å²) in [5, 5.41) is 0. The fraction of sp³-hybridized carbons (Fsp3) is 0.500. The SMILES string of the molecule is COc1ccc(N(CC2CCC2)C(=O)CCl)cc1. The first-order valence-electron chi connectivity index (χ1n) is 6.25. The molecule has 1 aromatic carbocycles. The summed E-state index contributed by atoms with van der Waals surface area (Å²) >= 11 is 5.68. The molecule has 0 radical (unpaired) electrons. The zero-order valence-electron chi connectivity index (χ0n) is 10.6. The highest BCUT2D eigenvalue weighted by Crippen LogP contribution is 2.29. The maximum Gasteiger partial charge on any atom is 0.241 e. The second kappa shape index (κ2) is 6.10. The Morgan fingerprint density at radius 2 is 2.06 bits per heavy atom. The molecule has 18 heavy (non-hydrogen) atoms. The van der Waals surface area contributed by atoms with Gasteiger partial charge in [-0.25, -0.2) is 0 Å². The van der Waals surface area contributed by atoms with Crippen molar-refractivity contribution in [2.45, 2.75) is 19.3 Å². The van der Waals surface area contributed by atoms with Crippen LogP contribution in [0.15, 0.2) is 24.3 Å². The quantitative estimate of drug-likeness (QED) is 0.768. The van der Waals surface area contributed by atoms with Gasteiger partial charge in [0, 0.05) is 12.2 Å². The average Bonchev–Trinajstić information content (AvgIpc) is 2.37. The topological polar surface area (TPSA) is 29.5 Å². The van der Waals surface area contributed by atoms with E-state index in [0.29, 0.717) is 5.92 Å². The van der Waals surface area contributed by atoms with Crippen LogP contribution in [0, 0.1) is 5.92 Å². The molecule has 4 heteroatoms. The lowest BCUT2D eigenvalue weighted by Crippen LogP contribution is -2.38. The third-order valence-electron chi connectivity index (χ3n) is 3.46. The summed E-state index contributed by atoms with van der Waals surface area (Å²) in [6.07, 6.45) is 3.70. The maximum atomic E-state index is 11.9. The van der Waals surface area contributed by atoms with Crippen LogP contribution in [0.3, 0.4) is 0 Å². The predicted molar refractivity (Wildman–Crippen MR) is 73.4 cm³/mol. The lowest BCUT2D eigenvalue weighted by atomic mass is 9.85. The smallest absolute Gasteiger partial charge is 0.241 e. The molecule has 1 aromatic rings. The highest BCUT2D eigenvalue weighted by molar-refractivity contribution is 6.29. The van der Waals surface area contributed by atoms with Gasteiger partial charge in [0.25, 0.3) is 0 Å². The molecule has 1 fully saturated rings. The number of rotatable bonds is 5. The number of methoxy groups -OCH3 is 1. The van der Waals surface area contributed by atoms with Gasteiger partial charge < -0.3 is 9.64 Å². The number of nitrogens with zero attached hydrogens (tertiary/aromatic N) is 1. The Labute approximate surface area is 113 Å². The van der Waals surface area contributed by atoms with E-state index in [-0.39, 0.29) is 11.8 Å². The summed E-state index contributed by atoms with van der Waals surface area (Å²) in [4.78, 5) is 13.7. The first kappa shape index (κ1) is 13.2. The second-order valence-electron chi connectivity index (χ2n) is 4.63. The number of halogens is 1. The number of benzene rings is 1. The molecule has 0 aromatic heterocycles. The van der Waals surface area contributed by atoms with Crippen molar-refractivity contribution in [1.82, 2.24) is 0 Å². The minimum absolute atomic E-state index is 0.0265. The zero-order chi connectivity index (χ0) is 13.0. The molecule has 0 spiro atoms. The Bertz CT molecular complexity index is 401. The second-order valence-corrected chi connectivity index (χ2v) is 4.90. The van der Waals surface area contributed by atoms with Gasteiger partial charge in [0.05, 0.1) is 7.11 Å². The molecule has 0 bridgehead atoms. The predicted octanol–water partition coefficient (Wildman–Crippen LogP) is 3.07. The molecule has 0 atom stereocenters. The van der Waals surface area contributed by atoms with Crippen LogP contribution < -0.4 is 9.64 Å². The van der Waals surface area contributed by atoms with Gasteiger partial charge in [0.15, 0.2) is 0 Å². The highest BCUT2D eigenvalue weighted by atomic mass is 35.5. The summed E-state index contributed by atoms with van der Waals surface area (Å²) < 4.78 is 5.12. The van der Waals surface area contributed by atoms with Gasteiger partial charge in [0.2, 0.25) is 5.91 Å². The number of amides is 1. The summed E-state index contributed by atoms with van der Waals surface area (Å²) in [7, 11) is 1.63. The van der Waals surface area contributed by atoms with Crippen LogP contribution in [0.25, 0.3) is 0 Å². The Morgan fingerprint density at radius 1 is 1.39 bits per heavy atom. The fourth-order valence-electron chi connectivity index (χ4n) is 2.12. The molecule has 98 valence electrons. The minimum Gasteiger partial charge on any atom is -0.497 e. The van der Waals surface area contributed by atoms with Crippen molar-refractivity contribution >= 4 is 23.2 Å².